The van der Waals surface area contributed by atoms with Crippen molar-refractivity contribution in [2.75, 3.05) is 16.8 Å². The fraction of sp³-hybridized carbons (Fsp3) is 0.472. The van der Waals surface area contributed by atoms with Gasteiger partial charge in [0.2, 0.25) is 41.4 Å². The summed E-state index contributed by atoms with van der Waals surface area (Å²) >= 11 is 1.57. The Morgan fingerprint density at radius 1 is 0.901 bits per heavy atom. The Hall–Kier alpha value is -6.50. The number of rotatable bonds is 19. The van der Waals surface area contributed by atoms with Crippen molar-refractivity contribution >= 4 is 64.1 Å². The van der Waals surface area contributed by atoms with Gasteiger partial charge in [0.1, 0.15) is 24.2 Å². The molecule has 4 heterocycles. The topological polar surface area (TPSA) is 259 Å². The van der Waals surface area contributed by atoms with Gasteiger partial charge in [-0.2, -0.15) is 0 Å². The summed E-state index contributed by atoms with van der Waals surface area (Å²) in [6.45, 7) is 9.36. The fourth-order valence-corrected chi connectivity index (χ4v) is 10.6. The number of hydrogen-bond acceptors (Lipinski definition) is 11. The molecule has 9 N–H and O–H groups in total. The predicted octanol–water partition coefficient (Wildman–Crippen LogP) is 4.51. The lowest BCUT2D eigenvalue weighted by molar-refractivity contribution is -0.144. The van der Waals surface area contributed by atoms with Gasteiger partial charge in [-0.05, 0) is 97.7 Å². The van der Waals surface area contributed by atoms with Gasteiger partial charge in [-0.3, -0.25) is 38.5 Å². The zero-order valence-electron chi connectivity index (χ0n) is 41.2. The van der Waals surface area contributed by atoms with Crippen molar-refractivity contribution in [1.29, 1.82) is 0 Å². The van der Waals surface area contributed by atoms with Crippen molar-refractivity contribution in [2.24, 2.45) is 16.9 Å². The number of carbonyl (C=O) groups is 7. The van der Waals surface area contributed by atoms with Gasteiger partial charge in [-0.1, -0.05) is 81.8 Å². The highest BCUT2D eigenvalue weighted by atomic mass is 32.1. The molecule has 7 rings (SSSR count). The van der Waals surface area contributed by atoms with Gasteiger partial charge in [0.25, 0.3) is 0 Å². The second kappa shape index (κ2) is 22.7. The number of aliphatic hydroxyl groups is 1. The van der Waals surface area contributed by atoms with Crippen LogP contribution in [0.3, 0.4) is 0 Å². The molecule has 3 aliphatic rings. The van der Waals surface area contributed by atoms with Gasteiger partial charge in [0.05, 0.1) is 40.0 Å². The lowest BCUT2D eigenvalue weighted by Gasteiger charge is -2.35. The summed E-state index contributed by atoms with van der Waals surface area (Å²) in [6.07, 6.45) is 3.10. The van der Waals surface area contributed by atoms with Crippen molar-refractivity contribution in [1.82, 2.24) is 25.8 Å². The van der Waals surface area contributed by atoms with E-state index in [0.717, 1.165) is 44.8 Å². The Kier molecular flexibility index (Phi) is 16.7. The molecule has 18 heteroatoms. The first-order chi connectivity index (χ1) is 33.8. The molecule has 378 valence electrons. The summed E-state index contributed by atoms with van der Waals surface area (Å²) in [5.41, 5.74) is 19.6. The first kappa shape index (κ1) is 52.3. The Bertz CT molecular complexity index is 2630. The molecular weight excluding hydrogens is 923 g/mol. The number of likely N-dealkylation sites (tertiary alicyclic amines) is 1. The van der Waals surface area contributed by atoms with Crippen molar-refractivity contribution in [3.05, 3.63) is 100 Å². The molecule has 71 heavy (non-hydrogen) atoms. The molecule has 0 saturated carbocycles. The molecule has 0 aliphatic carbocycles. The Morgan fingerprint density at radius 3 is 2.32 bits per heavy atom. The number of hydrogen-bond donors (Lipinski definition) is 7. The Morgan fingerprint density at radius 2 is 1.62 bits per heavy atom. The molecule has 3 aromatic carbocycles. The average Bonchev–Trinajstić information content (AvgIpc) is 4.04. The fourth-order valence-electron chi connectivity index (χ4n) is 9.76. The predicted molar refractivity (Wildman–Crippen MR) is 272 cm³/mol. The number of aromatic nitrogens is 1. The number of aliphatic hydroxyl groups excluding tert-OH is 1. The maximum Gasteiger partial charge on any atom is 0.246 e. The third kappa shape index (κ3) is 12.7. The number of unbranched alkanes of at least 4 members (excludes halogenated alkanes) is 2. The van der Waals surface area contributed by atoms with Crippen molar-refractivity contribution in [3.63, 3.8) is 0 Å². The van der Waals surface area contributed by atoms with E-state index in [1.807, 2.05) is 94.7 Å². The van der Waals surface area contributed by atoms with Crippen LogP contribution in [-0.4, -0.2) is 99.2 Å². The summed E-state index contributed by atoms with van der Waals surface area (Å²) in [4.78, 5) is 102. The van der Waals surface area contributed by atoms with E-state index in [2.05, 4.69) is 26.3 Å². The van der Waals surface area contributed by atoms with E-state index >= 15 is 0 Å². The summed E-state index contributed by atoms with van der Waals surface area (Å²) < 4.78 is 0. The lowest BCUT2D eigenvalue weighted by Crippen LogP contribution is -2.57. The maximum atomic E-state index is 14.2. The van der Waals surface area contributed by atoms with E-state index in [1.54, 1.807) is 23.5 Å². The van der Waals surface area contributed by atoms with Crippen molar-refractivity contribution < 1.29 is 38.7 Å². The lowest BCUT2D eigenvalue weighted by atomic mass is 9.85. The summed E-state index contributed by atoms with van der Waals surface area (Å²) in [6, 6.07) is 15.9. The molecule has 7 atom stereocenters. The number of β-amino-alcohol motifs (C(OH)–C–C–N with tert-alkyl or cyclic N) is 1. The summed E-state index contributed by atoms with van der Waals surface area (Å²) in [5, 5.41) is 22.3. The van der Waals surface area contributed by atoms with Crippen LogP contribution >= 0.6 is 11.3 Å². The minimum absolute atomic E-state index is 0.0252. The van der Waals surface area contributed by atoms with Crippen LogP contribution in [0.5, 0.6) is 0 Å². The van der Waals surface area contributed by atoms with Crippen molar-refractivity contribution in [2.45, 2.75) is 148 Å². The second-order valence-electron chi connectivity index (χ2n) is 20.2. The van der Waals surface area contributed by atoms with Crippen LogP contribution < -0.4 is 37.6 Å². The zero-order valence-corrected chi connectivity index (χ0v) is 42.0. The third-order valence-corrected chi connectivity index (χ3v) is 14.7. The van der Waals surface area contributed by atoms with Gasteiger partial charge >= 0.3 is 0 Å². The third-order valence-electron chi connectivity index (χ3n) is 13.7. The number of primary amides is 1. The highest BCUT2D eigenvalue weighted by molar-refractivity contribution is 7.13. The van der Waals surface area contributed by atoms with Crippen LogP contribution in [0.25, 0.3) is 10.4 Å². The molecule has 0 bridgehead atoms. The maximum absolute atomic E-state index is 14.2. The normalized spacial score (nSPS) is 19.8. The zero-order chi connectivity index (χ0) is 51.1. The van der Waals surface area contributed by atoms with Gasteiger partial charge < -0.3 is 42.7 Å². The molecule has 0 unspecified atom stereocenters. The minimum Gasteiger partial charge on any atom is -0.391 e. The van der Waals surface area contributed by atoms with Crippen LogP contribution in [0.2, 0.25) is 0 Å². The molecule has 1 fully saturated rings. The monoisotopic (exact) mass is 989 g/mol. The number of amides is 7. The SMILES string of the molecule is Cc1ncsc1-c1ccc([C@H](C)NC(=O)[C@@H]2C[C@@H](O)CN2C(=O)[C@@H](NC(=O)CCCCCc2cccc(NC(=O)[C@H](CCC(N)=O)NC(=O)[C@@H]3Cc4cccc5c4N3C(=O)[C@@H](N)CC5)c2)C(C)(C)C)cc1. The molecule has 0 spiro atoms. The van der Waals surface area contributed by atoms with Gasteiger partial charge in [0, 0.05) is 37.9 Å². The first-order valence-electron chi connectivity index (χ1n) is 24.6. The van der Waals surface area contributed by atoms with E-state index in [1.165, 1.54) is 9.80 Å². The molecule has 4 aromatic rings. The van der Waals surface area contributed by atoms with Crippen molar-refractivity contribution in [3.8, 4) is 10.4 Å². The van der Waals surface area contributed by atoms with E-state index < -0.39 is 65.4 Å². The standard InChI is InChI=1S/C53H67N9O8S/c1-30(33-17-19-35(20-18-33)46-31(2)56-29-71-46)57-49(67)41-27-38(63)28-61(41)52(70)47(53(3,4)5)60-44(65)16-8-6-7-11-32-12-9-15-37(25-32)58-48(66)40(23-24-43(55)64)59-50(68)42-26-36-14-10-13-34-21-22-39(54)51(69)62(42)45(34)36/h9-10,12-15,17-20,25,29-30,38-42,47,63H,6-8,11,16,21-24,26-28,54H2,1-5H3,(H2,55,64)(H,57,67)(H,58,66)(H,59,68)(H,60,65)/t30-,38+,39-,40-,41-,42-,47+/m0/s1. The van der Waals surface area contributed by atoms with Crippen LogP contribution in [0.1, 0.15) is 113 Å². The smallest absolute Gasteiger partial charge is 0.246 e. The van der Waals surface area contributed by atoms with Crippen LogP contribution in [-0.2, 0) is 52.8 Å². The highest BCUT2D eigenvalue weighted by Gasteiger charge is 2.46. The molecule has 1 saturated heterocycles. The van der Waals surface area contributed by atoms with E-state index in [0.29, 0.717) is 43.5 Å². The largest absolute Gasteiger partial charge is 0.391 e. The van der Waals surface area contributed by atoms with E-state index in [4.69, 9.17) is 11.5 Å². The molecular formula is C53H67N9O8S. The summed E-state index contributed by atoms with van der Waals surface area (Å²) in [7, 11) is 0. The van der Waals surface area contributed by atoms with Gasteiger partial charge in [-0.15, -0.1) is 11.3 Å². The minimum atomic E-state index is -1.12. The van der Waals surface area contributed by atoms with E-state index in [9.17, 15) is 38.7 Å². The van der Waals surface area contributed by atoms with Crippen LogP contribution in [0.15, 0.2) is 72.2 Å². The number of nitrogens with one attached hydrogen (secondary N) is 4. The summed E-state index contributed by atoms with van der Waals surface area (Å²) in [5.74, 6) is -3.15. The molecule has 0 radical (unpaired) electrons. The molecule has 7 amide bonds. The number of carbonyl (C=O) groups excluding carboxylic acids is 7. The number of benzene rings is 3. The quantitative estimate of drug-likeness (QED) is 0.0647. The second-order valence-corrected chi connectivity index (χ2v) is 21.1. The Labute approximate surface area is 418 Å². The van der Waals surface area contributed by atoms with Gasteiger partial charge in [0.15, 0.2) is 0 Å². The number of thiazole rings is 1. The molecule has 1 aromatic heterocycles. The molecule has 17 nitrogen and oxygen atoms in total. The number of nitrogens with two attached hydrogens (primary N) is 2. The van der Waals surface area contributed by atoms with E-state index in [-0.39, 0.29) is 62.4 Å². The highest BCUT2D eigenvalue weighted by Crippen LogP contribution is 2.39. The number of anilines is 2. The number of nitrogens with zero attached hydrogens (tertiary/aromatic N) is 3. The average molecular weight is 990 g/mol. The van der Waals surface area contributed by atoms with Gasteiger partial charge in [-0.25, -0.2) is 4.98 Å². The Balaban J connectivity index is 0.886. The number of para-hydroxylation sites is 1. The number of aryl methyl sites for hydroxylation is 3. The first-order valence-corrected chi connectivity index (χ1v) is 25.4. The van der Waals surface area contributed by atoms with Crippen LogP contribution in [0.4, 0.5) is 11.4 Å². The van der Waals surface area contributed by atoms with Crippen LogP contribution in [0, 0.1) is 12.3 Å². The molecule has 3 aliphatic heterocycles.